The van der Waals surface area contributed by atoms with Gasteiger partial charge in [0.15, 0.2) is 6.10 Å². The highest BCUT2D eigenvalue weighted by atomic mass is 16.6. The van der Waals surface area contributed by atoms with Crippen molar-refractivity contribution in [3.63, 3.8) is 0 Å². The molecule has 0 aliphatic heterocycles. The van der Waals surface area contributed by atoms with Crippen molar-refractivity contribution in [3.05, 3.63) is 146 Å². The maximum Gasteiger partial charge on any atom is 0.306 e. The van der Waals surface area contributed by atoms with Crippen molar-refractivity contribution in [2.45, 2.75) is 213 Å². The van der Waals surface area contributed by atoms with Gasteiger partial charge in [0.2, 0.25) is 0 Å². The molecule has 0 radical (unpaired) electrons. The third kappa shape index (κ3) is 52.4. The van der Waals surface area contributed by atoms with Crippen LogP contribution in [0.4, 0.5) is 0 Å². The summed E-state index contributed by atoms with van der Waals surface area (Å²) in [7, 11) is 0. The summed E-state index contributed by atoms with van der Waals surface area (Å²) in [6, 6.07) is 0. The molecule has 0 aromatic carbocycles. The highest BCUT2D eigenvalue weighted by Crippen LogP contribution is 2.13. The Labute approximate surface area is 406 Å². The van der Waals surface area contributed by atoms with Crippen LogP contribution in [0.5, 0.6) is 0 Å². The van der Waals surface area contributed by atoms with Crippen LogP contribution in [0.1, 0.15) is 206 Å². The van der Waals surface area contributed by atoms with E-state index in [2.05, 4.69) is 160 Å². The molecule has 0 aromatic rings. The lowest BCUT2D eigenvalue weighted by molar-refractivity contribution is -0.161. The van der Waals surface area contributed by atoms with Crippen LogP contribution < -0.4 is 0 Å². The predicted octanol–water partition coefficient (Wildman–Crippen LogP) is 17.9. The number of rotatable bonds is 46. The largest absolute Gasteiger partial charge is 0.462 e. The van der Waals surface area contributed by atoms with Gasteiger partial charge in [0.1, 0.15) is 6.61 Å². The summed E-state index contributed by atoms with van der Waals surface area (Å²) in [6.45, 7) is 3.88. The number of hydrogen-bond acceptors (Lipinski definition) is 5. The molecule has 0 fully saturated rings. The second-order valence-corrected chi connectivity index (χ2v) is 16.8. The Hall–Kier alpha value is -4.22. The third-order valence-corrected chi connectivity index (χ3v) is 10.6. The van der Waals surface area contributed by atoms with E-state index in [1.54, 1.807) is 0 Å². The van der Waals surface area contributed by atoms with Gasteiger partial charge >= 0.3 is 11.9 Å². The summed E-state index contributed by atoms with van der Waals surface area (Å²) >= 11 is 0. The third-order valence-electron chi connectivity index (χ3n) is 10.6. The lowest BCUT2D eigenvalue weighted by Gasteiger charge is -2.15. The molecule has 0 saturated carbocycles. The van der Waals surface area contributed by atoms with Crippen LogP contribution >= 0.6 is 0 Å². The van der Waals surface area contributed by atoms with Crippen LogP contribution in [0.2, 0.25) is 0 Å². The summed E-state index contributed by atoms with van der Waals surface area (Å²) in [5, 5.41) is 9.64. The maximum atomic E-state index is 12.3. The molecule has 5 nitrogen and oxygen atoms in total. The van der Waals surface area contributed by atoms with Gasteiger partial charge in [-0.15, -0.1) is 0 Å². The van der Waals surface area contributed by atoms with Gasteiger partial charge in [-0.2, -0.15) is 0 Å². The van der Waals surface area contributed by atoms with Gasteiger partial charge in [0.25, 0.3) is 0 Å². The van der Waals surface area contributed by atoms with E-state index in [4.69, 9.17) is 9.47 Å². The van der Waals surface area contributed by atoms with E-state index in [1.807, 2.05) is 0 Å². The van der Waals surface area contributed by atoms with E-state index in [-0.39, 0.29) is 25.2 Å². The van der Waals surface area contributed by atoms with Crippen molar-refractivity contribution < 1.29 is 24.2 Å². The van der Waals surface area contributed by atoms with Crippen LogP contribution in [0, 0.1) is 0 Å². The summed E-state index contributed by atoms with van der Waals surface area (Å²) in [4.78, 5) is 24.5. The Bertz CT molecular complexity index is 1450. The summed E-state index contributed by atoms with van der Waals surface area (Å²) < 4.78 is 10.7. The highest BCUT2D eigenvalue weighted by Gasteiger charge is 2.16. The van der Waals surface area contributed by atoms with Gasteiger partial charge in [-0.05, 0) is 116 Å². The van der Waals surface area contributed by atoms with Crippen molar-refractivity contribution in [2.75, 3.05) is 13.2 Å². The standard InChI is InChI=1S/C61H96O5/c1-3-5-7-9-11-13-15-17-19-21-23-25-26-27-28-29-30-31-32-33-34-36-38-40-42-44-46-48-50-52-54-56-61(64)66-59(57-62)58-65-60(63)55-53-51-49-47-45-43-41-39-37-35-24-22-20-18-16-14-12-10-8-6-4-2/h5-8,11-14,17-20,23-25,27-28,30-31,33-35,39,41,59,62H,3-4,9-10,15-16,21-22,26,29,32,36-38,40,42-58H2,1-2H3/b7-5-,8-6-,13-11-,14-12-,19-17-,20-18-,25-23-,28-27-,31-30-,34-33-,35-24-,41-39-. The maximum absolute atomic E-state index is 12.3. The molecule has 0 rings (SSSR count). The molecular formula is C61H96O5. The molecule has 1 atom stereocenters. The Morgan fingerprint density at radius 2 is 0.606 bits per heavy atom. The quantitative estimate of drug-likeness (QED) is 0.0374. The number of ether oxygens (including phenoxy) is 2. The van der Waals surface area contributed by atoms with Gasteiger partial charge < -0.3 is 14.6 Å². The summed E-state index contributed by atoms with van der Waals surface area (Å²) in [5.41, 5.74) is 0. The second-order valence-electron chi connectivity index (χ2n) is 16.8. The average molecular weight is 909 g/mol. The monoisotopic (exact) mass is 909 g/mol. The van der Waals surface area contributed by atoms with Gasteiger partial charge in [0, 0.05) is 12.8 Å². The van der Waals surface area contributed by atoms with Crippen molar-refractivity contribution in [1.82, 2.24) is 0 Å². The van der Waals surface area contributed by atoms with Crippen molar-refractivity contribution in [3.8, 4) is 0 Å². The Morgan fingerprint density at radius 1 is 0.348 bits per heavy atom. The predicted molar refractivity (Wildman–Crippen MR) is 287 cm³/mol. The number of unbranched alkanes of at least 4 members (excludes halogenated alkanes) is 14. The fourth-order valence-electron chi connectivity index (χ4n) is 6.74. The molecule has 370 valence electrons. The minimum absolute atomic E-state index is 0.0884. The summed E-state index contributed by atoms with van der Waals surface area (Å²) in [6.07, 6.45) is 83.6. The van der Waals surface area contributed by atoms with Crippen LogP contribution in [0.25, 0.3) is 0 Å². The number of esters is 2. The molecule has 0 bridgehead atoms. The molecule has 66 heavy (non-hydrogen) atoms. The highest BCUT2D eigenvalue weighted by molar-refractivity contribution is 5.70. The SMILES string of the molecule is CC/C=C\C/C=C\C/C=C\C/C=C\C/C=C\C/C=C\C/C=C\CCCCCCCCCCCC(=O)OC(CO)COC(=O)CCCCCCC/C=C\C/C=C\C/C=C\C/C=C\C/C=C\CC. The topological polar surface area (TPSA) is 72.8 Å². The lowest BCUT2D eigenvalue weighted by Crippen LogP contribution is -2.28. The number of hydrogen-bond donors (Lipinski definition) is 1. The zero-order valence-corrected chi connectivity index (χ0v) is 42.1. The second kappa shape index (κ2) is 55.1. The van der Waals surface area contributed by atoms with Crippen LogP contribution in [-0.4, -0.2) is 36.4 Å². The normalized spacial score (nSPS) is 13.4. The molecule has 0 amide bonds. The Kier molecular flexibility index (Phi) is 51.6. The molecule has 5 heteroatoms. The Morgan fingerprint density at radius 3 is 0.909 bits per heavy atom. The first-order valence-electron chi connectivity index (χ1n) is 26.4. The van der Waals surface area contributed by atoms with Crippen LogP contribution in [0.15, 0.2) is 146 Å². The molecule has 1 N–H and O–H groups in total. The van der Waals surface area contributed by atoms with Crippen molar-refractivity contribution in [1.29, 1.82) is 0 Å². The van der Waals surface area contributed by atoms with Crippen LogP contribution in [-0.2, 0) is 19.1 Å². The first-order valence-corrected chi connectivity index (χ1v) is 26.4. The smallest absolute Gasteiger partial charge is 0.306 e. The number of aliphatic hydroxyl groups excluding tert-OH is 1. The fraction of sp³-hybridized carbons (Fsp3) is 0.574. The molecule has 0 aliphatic rings. The molecule has 1 unspecified atom stereocenters. The number of allylic oxidation sites excluding steroid dienone is 24. The van der Waals surface area contributed by atoms with E-state index in [1.165, 1.54) is 38.5 Å². The number of carbonyl (C=O) groups is 2. The minimum Gasteiger partial charge on any atom is -0.462 e. The molecule has 0 heterocycles. The first-order chi connectivity index (χ1) is 32.6. The zero-order chi connectivity index (χ0) is 47.7. The van der Waals surface area contributed by atoms with Crippen LogP contribution in [0.3, 0.4) is 0 Å². The zero-order valence-electron chi connectivity index (χ0n) is 42.1. The average Bonchev–Trinajstić information content (AvgIpc) is 3.32. The first kappa shape index (κ1) is 61.8. The summed E-state index contributed by atoms with van der Waals surface area (Å²) in [5.74, 6) is -0.631. The molecule has 0 aliphatic carbocycles. The fourth-order valence-corrected chi connectivity index (χ4v) is 6.74. The Balaban J connectivity index is 3.62. The number of carbonyl (C=O) groups excluding carboxylic acids is 2. The molecule has 0 spiro atoms. The molecular weight excluding hydrogens is 813 g/mol. The van der Waals surface area contributed by atoms with E-state index in [9.17, 15) is 14.7 Å². The van der Waals surface area contributed by atoms with Gasteiger partial charge in [0.05, 0.1) is 6.61 Å². The molecule has 0 aromatic heterocycles. The van der Waals surface area contributed by atoms with Gasteiger partial charge in [-0.1, -0.05) is 224 Å². The van der Waals surface area contributed by atoms with Gasteiger partial charge in [-0.25, -0.2) is 0 Å². The van der Waals surface area contributed by atoms with E-state index >= 15 is 0 Å². The van der Waals surface area contributed by atoms with Gasteiger partial charge in [-0.3, -0.25) is 9.59 Å². The van der Waals surface area contributed by atoms with Crippen molar-refractivity contribution >= 4 is 11.9 Å². The van der Waals surface area contributed by atoms with E-state index in [0.717, 1.165) is 141 Å². The number of aliphatic hydroxyl groups is 1. The molecule has 0 saturated heterocycles. The lowest BCUT2D eigenvalue weighted by atomic mass is 10.1. The van der Waals surface area contributed by atoms with E-state index < -0.39 is 6.10 Å². The van der Waals surface area contributed by atoms with Crippen molar-refractivity contribution in [2.24, 2.45) is 0 Å². The minimum atomic E-state index is -0.796. The van der Waals surface area contributed by atoms with E-state index in [0.29, 0.717) is 12.8 Å².